The molecule has 33 heavy (non-hydrogen) atoms. The molecule has 0 aliphatic carbocycles. The maximum atomic E-state index is 13.0. The first kappa shape index (κ1) is 24.3. The van der Waals surface area contributed by atoms with Gasteiger partial charge in [-0.25, -0.2) is 0 Å². The van der Waals surface area contributed by atoms with Gasteiger partial charge in [0.1, 0.15) is 16.8 Å². The maximum absolute atomic E-state index is 13.0. The number of aromatic nitrogens is 2. The molecule has 3 aromatic rings. The Balaban J connectivity index is 1.66. The summed E-state index contributed by atoms with van der Waals surface area (Å²) in [5, 5.41) is 15.0. The number of nitrogens with two attached hydrogens (primary N) is 1. The molecule has 0 spiro atoms. The van der Waals surface area contributed by atoms with Crippen LogP contribution >= 0.6 is 11.3 Å². The highest BCUT2D eigenvalue weighted by Gasteiger charge is 2.22. The summed E-state index contributed by atoms with van der Waals surface area (Å²) in [4.78, 5) is 25.5. The molecule has 2 amide bonds. The molecule has 1 aromatic heterocycles. The van der Waals surface area contributed by atoms with Gasteiger partial charge < -0.3 is 15.8 Å². The number of anilines is 1. The quantitative estimate of drug-likeness (QED) is 0.351. The molecule has 0 fully saturated rings. The average Bonchev–Trinajstić information content (AvgIpc) is 3.30. The Morgan fingerprint density at radius 3 is 2.48 bits per heavy atom. The van der Waals surface area contributed by atoms with Crippen molar-refractivity contribution in [2.24, 2.45) is 5.73 Å². The summed E-state index contributed by atoms with van der Waals surface area (Å²) in [5.74, 6) is 0.269. The molecule has 0 saturated heterocycles. The minimum atomic E-state index is -0.720. The van der Waals surface area contributed by atoms with Crippen molar-refractivity contribution in [1.29, 1.82) is 0 Å². The number of hydrogen-bond donors (Lipinski definition) is 3. The molecule has 0 aliphatic rings. The predicted molar refractivity (Wildman–Crippen MR) is 130 cm³/mol. The lowest BCUT2D eigenvalue weighted by molar-refractivity contribution is -0.126. The Morgan fingerprint density at radius 2 is 1.79 bits per heavy atom. The minimum absolute atomic E-state index is 0.153. The van der Waals surface area contributed by atoms with Gasteiger partial charge in [-0.1, -0.05) is 48.1 Å². The van der Waals surface area contributed by atoms with Crippen LogP contribution in [-0.2, 0) is 16.0 Å². The normalized spacial score (nSPS) is 11.6. The number of ether oxygens (including phenoxy) is 1. The van der Waals surface area contributed by atoms with E-state index < -0.39 is 6.04 Å². The molecule has 0 bridgehead atoms. The maximum Gasteiger partial charge on any atom is 0.249 e. The summed E-state index contributed by atoms with van der Waals surface area (Å²) in [5.41, 5.74) is 7.34. The van der Waals surface area contributed by atoms with Gasteiger partial charge >= 0.3 is 0 Å². The van der Waals surface area contributed by atoms with E-state index in [-0.39, 0.29) is 11.8 Å². The molecular weight excluding hydrogens is 438 g/mol. The third kappa shape index (κ3) is 7.65. The number of unbranched alkanes of at least 4 members (excludes halogenated alkanes) is 2. The Kier molecular flexibility index (Phi) is 9.34. The average molecular weight is 468 g/mol. The summed E-state index contributed by atoms with van der Waals surface area (Å²) in [7, 11) is 1.61. The smallest absolute Gasteiger partial charge is 0.249 e. The van der Waals surface area contributed by atoms with Crippen molar-refractivity contribution >= 4 is 28.3 Å². The predicted octanol–water partition coefficient (Wildman–Crippen LogP) is 3.40. The van der Waals surface area contributed by atoms with Gasteiger partial charge in [-0.2, -0.15) is 0 Å². The third-order valence-electron chi connectivity index (χ3n) is 5.03. The van der Waals surface area contributed by atoms with Crippen LogP contribution in [-0.4, -0.2) is 41.7 Å². The van der Waals surface area contributed by atoms with Crippen LogP contribution in [0.1, 0.15) is 31.2 Å². The van der Waals surface area contributed by atoms with Crippen LogP contribution in [0.4, 0.5) is 5.13 Å². The summed E-state index contributed by atoms with van der Waals surface area (Å²) >= 11 is 1.27. The first-order valence-corrected chi connectivity index (χ1v) is 11.7. The van der Waals surface area contributed by atoms with Crippen molar-refractivity contribution in [3.05, 3.63) is 60.2 Å². The van der Waals surface area contributed by atoms with Crippen LogP contribution in [0.25, 0.3) is 10.6 Å². The molecule has 0 radical (unpaired) electrons. The number of amides is 2. The van der Waals surface area contributed by atoms with Gasteiger partial charge in [-0.05, 0) is 49.2 Å². The van der Waals surface area contributed by atoms with Crippen LogP contribution in [0.2, 0.25) is 0 Å². The van der Waals surface area contributed by atoms with Crippen LogP contribution < -0.4 is 21.1 Å². The molecule has 4 N–H and O–H groups in total. The number of benzene rings is 2. The topological polar surface area (TPSA) is 119 Å². The van der Waals surface area contributed by atoms with Crippen LogP contribution in [0.5, 0.6) is 5.75 Å². The van der Waals surface area contributed by atoms with E-state index >= 15 is 0 Å². The summed E-state index contributed by atoms with van der Waals surface area (Å²) in [6.07, 6.45) is 3.25. The fourth-order valence-electron chi connectivity index (χ4n) is 3.25. The van der Waals surface area contributed by atoms with Gasteiger partial charge in [0.2, 0.25) is 16.9 Å². The van der Waals surface area contributed by atoms with E-state index in [0.717, 1.165) is 36.1 Å². The molecule has 0 saturated carbocycles. The van der Waals surface area contributed by atoms with E-state index in [1.54, 1.807) is 7.11 Å². The standard InChI is InChI=1S/C24H29N5O3S/c1-32-19-13-11-18(12-14-19)23-28-29-24(33-23)27-22(31)20(16-17-8-4-2-5-9-17)26-21(30)10-6-3-7-15-25/h2,4-5,8-9,11-14,20H,3,6-7,10,15-16,25H2,1H3,(H,26,30)(H,27,29,31). The second kappa shape index (κ2) is 12.7. The van der Waals surface area contributed by atoms with Gasteiger partial charge in [0, 0.05) is 18.4 Å². The molecule has 0 aliphatic heterocycles. The first-order chi connectivity index (χ1) is 16.1. The fourth-order valence-corrected chi connectivity index (χ4v) is 4.00. The second-order valence-corrected chi connectivity index (χ2v) is 8.52. The molecule has 8 nitrogen and oxygen atoms in total. The van der Waals surface area contributed by atoms with Crippen LogP contribution in [0, 0.1) is 0 Å². The number of nitrogens with zero attached hydrogens (tertiary/aromatic N) is 2. The van der Waals surface area contributed by atoms with E-state index in [4.69, 9.17) is 10.5 Å². The van der Waals surface area contributed by atoms with Crippen LogP contribution in [0.15, 0.2) is 54.6 Å². The van der Waals surface area contributed by atoms with Crippen LogP contribution in [0.3, 0.4) is 0 Å². The molecule has 3 rings (SSSR count). The summed E-state index contributed by atoms with van der Waals surface area (Å²) in [6, 6.07) is 16.3. The highest BCUT2D eigenvalue weighted by Crippen LogP contribution is 2.27. The zero-order valence-electron chi connectivity index (χ0n) is 18.6. The van der Waals surface area contributed by atoms with Gasteiger partial charge in [0.15, 0.2) is 0 Å². The van der Waals surface area contributed by atoms with Crippen molar-refractivity contribution in [1.82, 2.24) is 15.5 Å². The Bertz CT molecular complexity index is 1020. The van der Waals surface area contributed by atoms with Gasteiger partial charge in [0.05, 0.1) is 7.11 Å². The van der Waals surface area contributed by atoms with Crippen molar-refractivity contribution in [2.75, 3.05) is 19.0 Å². The SMILES string of the molecule is COc1ccc(-c2nnc(NC(=O)C(Cc3ccccc3)NC(=O)CCCCCN)s2)cc1. The lowest BCUT2D eigenvalue weighted by atomic mass is 10.0. The highest BCUT2D eigenvalue weighted by atomic mass is 32.1. The van der Waals surface area contributed by atoms with Crippen molar-refractivity contribution < 1.29 is 14.3 Å². The fraction of sp³-hybridized carbons (Fsp3) is 0.333. The number of carbonyl (C=O) groups excluding carboxylic acids is 2. The van der Waals surface area contributed by atoms with Crippen molar-refractivity contribution in [2.45, 2.75) is 38.1 Å². The van der Waals surface area contributed by atoms with Gasteiger partial charge in [-0.15, -0.1) is 10.2 Å². The first-order valence-electron chi connectivity index (χ1n) is 10.9. The lowest BCUT2D eigenvalue weighted by Gasteiger charge is -2.18. The zero-order chi connectivity index (χ0) is 23.5. The Morgan fingerprint density at radius 1 is 1.03 bits per heavy atom. The molecule has 174 valence electrons. The van der Waals surface area contributed by atoms with E-state index in [9.17, 15) is 9.59 Å². The number of rotatable bonds is 12. The lowest BCUT2D eigenvalue weighted by Crippen LogP contribution is -2.45. The molecular formula is C24H29N5O3S. The highest BCUT2D eigenvalue weighted by molar-refractivity contribution is 7.18. The Hall–Kier alpha value is -3.30. The van der Waals surface area contributed by atoms with Crippen molar-refractivity contribution in [3.8, 4) is 16.3 Å². The number of methoxy groups -OCH3 is 1. The van der Waals surface area contributed by atoms with E-state index in [1.807, 2.05) is 54.6 Å². The largest absolute Gasteiger partial charge is 0.497 e. The summed E-state index contributed by atoms with van der Waals surface area (Å²) in [6.45, 7) is 0.612. The molecule has 9 heteroatoms. The minimum Gasteiger partial charge on any atom is -0.497 e. The molecule has 1 heterocycles. The molecule has 1 unspecified atom stereocenters. The summed E-state index contributed by atoms with van der Waals surface area (Å²) < 4.78 is 5.18. The van der Waals surface area contributed by atoms with Gasteiger partial charge in [0.25, 0.3) is 0 Å². The Labute approximate surface area is 197 Å². The van der Waals surface area contributed by atoms with E-state index in [1.165, 1.54) is 11.3 Å². The molecule has 1 atom stereocenters. The number of carbonyl (C=O) groups is 2. The van der Waals surface area contributed by atoms with E-state index in [0.29, 0.717) is 29.5 Å². The second-order valence-electron chi connectivity index (χ2n) is 7.54. The van der Waals surface area contributed by atoms with Crippen molar-refractivity contribution in [3.63, 3.8) is 0 Å². The third-order valence-corrected chi connectivity index (χ3v) is 5.92. The molecule has 2 aromatic carbocycles. The van der Waals surface area contributed by atoms with Gasteiger partial charge in [-0.3, -0.25) is 14.9 Å². The number of hydrogen-bond acceptors (Lipinski definition) is 7. The zero-order valence-corrected chi connectivity index (χ0v) is 19.4. The monoisotopic (exact) mass is 467 g/mol. The van der Waals surface area contributed by atoms with E-state index in [2.05, 4.69) is 20.8 Å². The number of nitrogens with one attached hydrogen (secondary N) is 2.